The molecule has 0 saturated carbocycles. The summed E-state index contributed by atoms with van der Waals surface area (Å²) in [7, 11) is 0. The molecule has 0 aliphatic rings. The minimum Gasteiger partial charge on any atom is -0.389 e. The molecule has 110 valence electrons. The summed E-state index contributed by atoms with van der Waals surface area (Å²) in [6.45, 7) is 8.21. The first-order valence-corrected chi connectivity index (χ1v) is 7.48. The van der Waals surface area contributed by atoms with Gasteiger partial charge >= 0.3 is 0 Å². The van der Waals surface area contributed by atoms with Gasteiger partial charge < -0.3 is 10.0 Å². The molecule has 0 unspecified atom stereocenters. The molecule has 0 aromatic heterocycles. The Balaban J connectivity index is 2.80. The molecular weight excluding hydrogens is 318 g/mol. The Morgan fingerprint density at radius 3 is 2.60 bits per heavy atom. The zero-order valence-electron chi connectivity index (χ0n) is 12.5. The molecule has 1 aromatic carbocycles. The number of aliphatic hydroxyl groups is 1. The Kier molecular flexibility index (Phi) is 5.96. The Hall–Kier alpha value is -1.13. The van der Waals surface area contributed by atoms with E-state index in [4.69, 9.17) is 0 Å². The highest BCUT2D eigenvalue weighted by Gasteiger charge is 2.19. The molecule has 1 rings (SSSR count). The monoisotopic (exact) mass is 339 g/mol. The Bertz CT molecular complexity index is 504. The second-order valence-electron chi connectivity index (χ2n) is 5.52. The lowest BCUT2D eigenvalue weighted by Gasteiger charge is -2.27. The van der Waals surface area contributed by atoms with E-state index in [1.165, 1.54) is 0 Å². The number of hydrogen-bond acceptors (Lipinski definition) is 2. The van der Waals surface area contributed by atoms with Crippen LogP contribution in [0.2, 0.25) is 0 Å². The molecule has 20 heavy (non-hydrogen) atoms. The average Bonchev–Trinajstić information content (AvgIpc) is 2.33. The highest BCUT2D eigenvalue weighted by molar-refractivity contribution is 9.10. The second-order valence-corrected chi connectivity index (χ2v) is 6.38. The first-order valence-electron chi connectivity index (χ1n) is 6.68. The van der Waals surface area contributed by atoms with Gasteiger partial charge in [-0.05, 0) is 51.0 Å². The fourth-order valence-electron chi connectivity index (χ4n) is 1.85. The number of hydrogen-bond donors (Lipinski definition) is 1. The lowest BCUT2D eigenvalue weighted by molar-refractivity contribution is -0.128. The molecule has 0 atom stereocenters. The van der Waals surface area contributed by atoms with Crippen LogP contribution >= 0.6 is 15.9 Å². The normalized spacial score (nSPS) is 11.9. The van der Waals surface area contributed by atoms with Crippen molar-refractivity contribution in [2.24, 2.45) is 0 Å². The summed E-state index contributed by atoms with van der Waals surface area (Å²) in [6, 6.07) is 5.98. The van der Waals surface area contributed by atoms with E-state index < -0.39 is 5.60 Å². The van der Waals surface area contributed by atoms with Gasteiger partial charge in [-0.3, -0.25) is 4.79 Å². The summed E-state index contributed by atoms with van der Waals surface area (Å²) < 4.78 is 0.965. The van der Waals surface area contributed by atoms with E-state index in [1.807, 2.05) is 32.0 Å². The molecule has 4 heteroatoms. The van der Waals surface area contributed by atoms with Crippen molar-refractivity contribution in [3.8, 4) is 0 Å². The zero-order valence-corrected chi connectivity index (χ0v) is 14.1. The molecule has 0 aliphatic carbocycles. The molecule has 0 spiro atoms. The first-order chi connectivity index (χ1) is 9.23. The van der Waals surface area contributed by atoms with Crippen LogP contribution in [0.15, 0.2) is 28.7 Å². The number of rotatable bonds is 5. The summed E-state index contributed by atoms with van der Waals surface area (Å²) in [5, 5.41) is 9.80. The van der Waals surface area contributed by atoms with E-state index in [2.05, 4.69) is 15.9 Å². The van der Waals surface area contributed by atoms with E-state index in [1.54, 1.807) is 30.9 Å². The van der Waals surface area contributed by atoms with Crippen LogP contribution in [0.25, 0.3) is 6.08 Å². The van der Waals surface area contributed by atoms with Gasteiger partial charge in [0, 0.05) is 23.6 Å². The van der Waals surface area contributed by atoms with Crippen LogP contribution in [0.1, 0.15) is 31.9 Å². The van der Waals surface area contributed by atoms with E-state index in [0.29, 0.717) is 13.1 Å². The van der Waals surface area contributed by atoms with Gasteiger partial charge in [0.05, 0.1) is 5.60 Å². The maximum atomic E-state index is 12.1. The Morgan fingerprint density at radius 1 is 1.45 bits per heavy atom. The van der Waals surface area contributed by atoms with Gasteiger partial charge in [-0.2, -0.15) is 0 Å². The summed E-state index contributed by atoms with van der Waals surface area (Å²) in [6.07, 6.45) is 3.34. The van der Waals surface area contributed by atoms with Crippen molar-refractivity contribution in [3.63, 3.8) is 0 Å². The van der Waals surface area contributed by atoms with Crippen molar-refractivity contribution in [2.45, 2.75) is 33.3 Å². The topological polar surface area (TPSA) is 40.5 Å². The molecule has 0 saturated heterocycles. The molecule has 0 fully saturated rings. The number of benzene rings is 1. The average molecular weight is 340 g/mol. The number of amides is 1. The number of carbonyl (C=O) groups excluding carboxylic acids is 1. The highest BCUT2D eigenvalue weighted by atomic mass is 79.9. The maximum Gasteiger partial charge on any atom is 0.246 e. The van der Waals surface area contributed by atoms with Crippen molar-refractivity contribution in [2.75, 3.05) is 13.1 Å². The smallest absolute Gasteiger partial charge is 0.246 e. The van der Waals surface area contributed by atoms with Gasteiger partial charge in [0.15, 0.2) is 0 Å². The fraction of sp³-hybridized carbons (Fsp3) is 0.438. The lowest BCUT2D eigenvalue weighted by atomic mass is 10.1. The van der Waals surface area contributed by atoms with Crippen LogP contribution in [0.4, 0.5) is 0 Å². The van der Waals surface area contributed by atoms with Crippen molar-refractivity contribution < 1.29 is 9.90 Å². The Morgan fingerprint density at radius 2 is 2.10 bits per heavy atom. The third-order valence-electron chi connectivity index (χ3n) is 2.83. The summed E-state index contributed by atoms with van der Waals surface area (Å²) in [4.78, 5) is 13.7. The van der Waals surface area contributed by atoms with E-state index in [-0.39, 0.29) is 5.91 Å². The van der Waals surface area contributed by atoms with Crippen LogP contribution in [0.5, 0.6) is 0 Å². The van der Waals surface area contributed by atoms with Gasteiger partial charge in [-0.15, -0.1) is 0 Å². The van der Waals surface area contributed by atoms with E-state index in [9.17, 15) is 9.90 Å². The van der Waals surface area contributed by atoms with E-state index >= 15 is 0 Å². The molecule has 1 aromatic rings. The quantitative estimate of drug-likeness (QED) is 0.835. The lowest BCUT2D eigenvalue weighted by Crippen LogP contribution is -2.41. The summed E-state index contributed by atoms with van der Waals surface area (Å²) >= 11 is 3.48. The zero-order chi connectivity index (χ0) is 15.3. The molecular formula is C16H22BrNO2. The van der Waals surface area contributed by atoms with Gasteiger partial charge in [0.2, 0.25) is 5.91 Å². The minimum absolute atomic E-state index is 0.0953. The number of carbonyl (C=O) groups is 1. The third kappa shape index (κ3) is 5.47. The van der Waals surface area contributed by atoms with Gasteiger partial charge in [0.25, 0.3) is 0 Å². The van der Waals surface area contributed by atoms with Crippen LogP contribution in [0, 0.1) is 6.92 Å². The van der Waals surface area contributed by atoms with E-state index in [0.717, 1.165) is 15.6 Å². The number of nitrogens with zero attached hydrogens (tertiary/aromatic N) is 1. The molecule has 0 aliphatic heterocycles. The minimum atomic E-state index is -0.885. The first kappa shape index (κ1) is 16.9. The van der Waals surface area contributed by atoms with Gasteiger partial charge in [-0.25, -0.2) is 0 Å². The van der Waals surface area contributed by atoms with Crippen LogP contribution in [0.3, 0.4) is 0 Å². The van der Waals surface area contributed by atoms with Gasteiger partial charge in [0.1, 0.15) is 0 Å². The summed E-state index contributed by atoms with van der Waals surface area (Å²) in [5.41, 5.74) is 1.24. The van der Waals surface area contributed by atoms with Crippen molar-refractivity contribution in [1.29, 1.82) is 0 Å². The van der Waals surface area contributed by atoms with Crippen LogP contribution in [-0.4, -0.2) is 34.6 Å². The van der Waals surface area contributed by atoms with Crippen LogP contribution in [-0.2, 0) is 4.79 Å². The van der Waals surface area contributed by atoms with Crippen molar-refractivity contribution in [1.82, 2.24) is 4.90 Å². The molecule has 3 nitrogen and oxygen atoms in total. The molecule has 0 bridgehead atoms. The largest absolute Gasteiger partial charge is 0.389 e. The highest BCUT2D eigenvalue weighted by Crippen LogP contribution is 2.19. The summed E-state index contributed by atoms with van der Waals surface area (Å²) in [5.74, 6) is -0.0953. The van der Waals surface area contributed by atoms with Crippen molar-refractivity contribution in [3.05, 3.63) is 39.9 Å². The second kappa shape index (κ2) is 7.04. The van der Waals surface area contributed by atoms with Gasteiger partial charge in [-0.1, -0.05) is 28.1 Å². The number of likely N-dealkylation sites (N-methyl/N-ethyl adjacent to an activating group) is 1. The van der Waals surface area contributed by atoms with Crippen molar-refractivity contribution >= 4 is 27.9 Å². The molecule has 1 amide bonds. The predicted octanol–water partition coefficient (Wildman–Crippen LogP) is 3.39. The molecule has 0 radical (unpaired) electrons. The maximum absolute atomic E-state index is 12.1. The standard InChI is InChI=1S/C16H22BrNO2/c1-5-18(11-16(3,4)20)15(19)9-8-13-7-6-12(2)10-14(13)17/h6-10,20H,5,11H2,1-4H3. The van der Waals surface area contributed by atoms with Crippen LogP contribution < -0.4 is 0 Å². The molecule has 0 heterocycles. The predicted molar refractivity (Wildman–Crippen MR) is 86.5 cm³/mol. The Labute approximate surface area is 129 Å². The molecule has 1 N–H and O–H groups in total. The fourth-order valence-corrected chi connectivity index (χ4v) is 2.47. The third-order valence-corrected chi connectivity index (χ3v) is 3.52. The number of halogens is 1. The SMILES string of the molecule is CCN(CC(C)(C)O)C(=O)C=Cc1ccc(C)cc1Br. The number of aryl methyl sites for hydroxylation is 1.